The van der Waals surface area contributed by atoms with Gasteiger partial charge in [-0.15, -0.1) is 0 Å². The van der Waals surface area contributed by atoms with Crippen molar-refractivity contribution in [1.29, 1.82) is 0 Å². The van der Waals surface area contributed by atoms with Crippen molar-refractivity contribution < 1.29 is 18.8 Å². The lowest BCUT2D eigenvalue weighted by Gasteiger charge is -2.40. The first kappa shape index (κ1) is 74.2. The van der Waals surface area contributed by atoms with Gasteiger partial charge in [0.2, 0.25) is 0 Å². The van der Waals surface area contributed by atoms with Gasteiger partial charge in [0.15, 0.2) is 11.6 Å². The topological polar surface area (TPSA) is 98.3 Å². The van der Waals surface area contributed by atoms with E-state index in [4.69, 9.17) is 45.3 Å². The molecule has 0 radical (unpaired) electrons. The van der Waals surface area contributed by atoms with Crippen LogP contribution in [0, 0.1) is 0 Å². The van der Waals surface area contributed by atoms with Crippen LogP contribution in [0.25, 0.3) is 134 Å². The number of hydrogen-bond donors (Lipinski definition) is 0. The molecule has 10 nitrogen and oxygen atoms in total. The van der Waals surface area contributed by atoms with Crippen LogP contribution in [0.4, 0.5) is 0 Å². The third-order valence-electron chi connectivity index (χ3n) is 26.1. The highest BCUT2D eigenvalue weighted by molar-refractivity contribution is 6.63. The lowest BCUT2D eigenvalue weighted by molar-refractivity contribution is 0.00578. The third kappa shape index (κ3) is 11.6. The van der Waals surface area contributed by atoms with Crippen LogP contribution in [0.15, 0.2) is 400 Å². The molecule has 3 aliphatic heterocycles. The summed E-state index contributed by atoms with van der Waals surface area (Å²) >= 11 is 6.34. The molecule has 0 amide bonds. The van der Waals surface area contributed by atoms with E-state index in [1.54, 1.807) is 0 Å². The van der Waals surface area contributed by atoms with Crippen LogP contribution in [-0.4, -0.2) is 47.4 Å². The minimum absolute atomic E-state index is 0.431. The van der Waals surface area contributed by atoms with Gasteiger partial charge >= 0.3 is 7.12 Å². The van der Waals surface area contributed by atoms with Crippen LogP contribution >= 0.6 is 11.6 Å². The first-order chi connectivity index (χ1) is 60.9. The Balaban J connectivity index is 0.000000114. The van der Waals surface area contributed by atoms with Gasteiger partial charge in [0.05, 0.1) is 61.2 Å². The van der Waals surface area contributed by atoms with Crippen molar-refractivity contribution in [1.82, 2.24) is 29.1 Å². The molecule has 590 valence electrons. The van der Waals surface area contributed by atoms with E-state index < -0.39 is 29.2 Å². The van der Waals surface area contributed by atoms with Gasteiger partial charge in [0.1, 0.15) is 28.2 Å². The molecule has 0 saturated carbocycles. The van der Waals surface area contributed by atoms with E-state index >= 15 is 0 Å². The van der Waals surface area contributed by atoms with E-state index in [9.17, 15) is 0 Å². The molecule has 0 bridgehead atoms. The van der Waals surface area contributed by atoms with E-state index in [-0.39, 0.29) is 0 Å². The number of rotatable bonds is 8. The summed E-state index contributed by atoms with van der Waals surface area (Å²) in [5, 5.41) is 5.42. The molecule has 0 N–H and O–H groups in total. The standard InChI is InChI=1S/C53H33N3O.C31H27BO3.C28H18ClN3/c1-2-15-35(16-3-1)52-54-46(34-29-31-36(32-30-34)56-48-26-11-6-19-39(48)40-20-7-12-27-49(40)56)33-47(55-52)41-21-14-25-45-51(41)57-50-28-13-10-24-44(50)53(45)42-22-8-4-17-37(42)38-18-5-9-23-43(38)53;1-29(2)30(3,4)35-32(34-29)26-18-11-17-25-28(26)33-27-19-10-9-16-24(27)31(25)22-14-7-5-12-20(22)21-13-6-8-15-23(21)31;29-27-18-24(30-28(31-27)20-8-2-1-3-9-20)19-14-16-21(17-15-19)32-25-12-6-4-10-22(25)23-11-5-7-13-26(23)32/h1-33H;5-19H,1-4H3;1-18H. The highest BCUT2D eigenvalue weighted by Crippen LogP contribution is 2.65. The van der Waals surface area contributed by atoms with Gasteiger partial charge < -0.3 is 27.9 Å². The molecule has 1 saturated heterocycles. The summed E-state index contributed by atoms with van der Waals surface area (Å²) in [6.45, 7) is 8.35. The van der Waals surface area contributed by atoms with Crippen molar-refractivity contribution in [2.75, 3.05) is 0 Å². The summed E-state index contributed by atoms with van der Waals surface area (Å²) in [6, 6.07) is 141. The molecule has 7 heterocycles. The molecule has 12 heteroatoms. The monoisotopic (exact) mass is 1620 g/mol. The Morgan fingerprint density at radius 2 is 0.589 bits per heavy atom. The molecule has 124 heavy (non-hydrogen) atoms. The second-order valence-electron chi connectivity index (χ2n) is 33.3. The fourth-order valence-electron chi connectivity index (χ4n) is 19.8. The fourth-order valence-corrected chi connectivity index (χ4v) is 20.0. The minimum Gasteiger partial charge on any atom is -0.457 e. The highest BCUT2D eigenvalue weighted by atomic mass is 35.5. The highest BCUT2D eigenvalue weighted by Gasteiger charge is 2.57. The smallest absolute Gasteiger partial charge is 0.457 e. The van der Waals surface area contributed by atoms with Crippen molar-refractivity contribution in [3.63, 3.8) is 0 Å². The average Bonchev–Trinajstić information content (AvgIpc) is 1.50. The number of para-hydroxylation sites is 8. The molecule has 16 aromatic carbocycles. The van der Waals surface area contributed by atoms with Crippen molar-refractivity contribution >= 4 is 67.8 Å². The van der Waals surface area contributed by atoms with Crippen molar-refractivity contribution in [2.45, 2.75) is 49.7 Å². The second kappa shape index (κ2) is 29.2. The van der Waals surface area contributed by atoms with E-state index in [2.05, 4.69) is 382 Å². The lowest BCUT2D eigenvalue weighted by atomic mass is 9.64. The molecule has 25 rings (SSSR count). The molecular formula is C112H78BClN6O4. The van der Waals surface area contributed by atoms with Gasteiger partial charge in [-0.2, -0.15) is 0 Å². The first-order valence-corrected chi connectivity index (χ1v) is 42.6. The summed E-state index contributed by atoms with van der Waals surface area (Å²) in [7, 11) is -0.510. The van der Waals surface area contributed by atoms with Crippen LogP contribution in [-0.2, 0) is 20.1 Å². The summed E-state index contributed by atoms with van der Waals surface area (Å²) in [5.41, 5.74) is 27.9. The number of benzene rings is 16. The predicted octanol–water partition coefficient (Wildman–Crippen LogP) is 27.1. The molecule has 20 aromatic rings. The molecule has 0 atom stereocenters. The van der Waals surface area contributed by atoms with Gasteiger partial charge in [0.25, 0.3) is 0 Å². The molecular weight excluding hydrogens is 1540 g/mol. The summed E-state index contributed by atoms with van der Waals surface area (Å²) in [4.78, 5) is 19.7. The molecule has 2 aliphatic carbocycles. The summed E-state index contributed by atoms with van der Waals surface area (Å²) in [6.07, 6.45) is 0. The largest absolute Gasteiger partial charge is 0.498 e. The Kier molecular flexibility index (Phi) is 17.5. The number of halogens is 1. The van der Waals surface area contributed by atoms with Crippen molar-refractivity contribution in [3.8, 4) is 113 Å². The van der Waals surface area contributed by atoms with Gasteiger partial charge in [0, 0.05) is 94.5 Å². The van der Waals surface area contributed by atoms with Crippen LogP contribution in [0.5, 0.6) is 23.0 Å². The first-order valence-electron chi connectivity index (χ1n) is 42.2. The number of nitrogens with zero attached hydrogens (tertiary/aromatic N) is 6. The SMILES string of the molecule is CC1(C)OB(c2cccc3c2Oc2ccccc2C32c3ccccc3-c3ccccc32)OC1(C)C.Clc1cc(-c2ccc(-n3c4ccccc4c4ccccc43)cc2)nc(-c2ccccc2)n1.c1ccc(-c2nc(-c3ccc(-n4c5ccccc5c5ccccc54)cc3)cc(-c3cccc4c3Oc3ccccc3C43c4ccccc4-c4ccccc43)n2)cc1. The maximum absolute atomic E-state index is 7.04. The van der Waals surface area contributed by atoms with Gasteiger partial charge in [-0.3, -0.25) is 0 Å². The second-order valence-corrected chi connectivity index (χ2v) is 33.7. The summed E-state index contributed by atoms with van der Waals surface area (Å²) < 4.78 is 31.4. The van der Waals surface area contributed by atoms with Crippen molar-refractivity contribution in [2.24, 2.45) is 0 Å². The average molecular weight is 1620 g/mol. The van der Waals surface area contributed by atoms with Gasteiger partial charge in [-0.25, -0.2) is 19.9 Å². The normalized spacial score (nSPS) is 14.5. The van der Waals surface area contributed by atoms with E-state index in [0.29, 0.717) is 16.8 Å². The Bertz CT molecular complexity index is 7460. The molecule has 1 fully saturated rings. The fraction of sp³-hybridized carbons (Fsp3) is 0.0714. The van der Waals surface area contributed by atoms with E-state index in [0.717, 1.165) is 107 Å². The molecule has 5 aliphatic rings. The number of hydrogen-bond acceptors (Lipinski definition) is 8. The van der Waals surface area contributed by atoms with E-state index in [1.165, 1.54) is 88.1 Å². The van der Waals surface area contributed by atoms with Gasteiger partial charge in [-0.1, -0.05) is 333 Å². The summed E-state index contributed by atoms with van der Waals surface area (Å²) in [5.74, 6) is 4.65. The van der Waals surface area contributed by atoms with Crippen LogP contribution in [0.3, 0.4) is 0 Å². The maximum Gasteiger partial charge on any atom is 0.498 e. The Morgan fingerprint density at radius 1 is 0.266 bits per heavy atom. The van der Waals surface area contributed by atoms with E-state index in [1.807, 2.05) is 60.7 Å². The number of ether oxygens (including phenoxy) is 2. The zero-order valence-electron chi connectivity index (χ0n) is 68.4. The molecule has 2 spiro atoms. The molecule has 4 aromatic heterocycles. The zero-order valence-corrected chi connectivity index (χ0v) is 69.1. The third-order valence-corrected chi connectivity index (χ3v) is 26.2. The van der Waals surface area contributed by atoms with Crippen molar-refractivity contribution in [3.05, 3.63) is 450 Å². The number of fused-ring (bicyclic) bond motifs is 24. The predicted molar refractivity (Wildman–Crippen MR) is 502 cm³/mol. The quantitative estimate of drug-likeness (QED) is 0.110. The lowest BCUT2D eigenvalue weighted by Crippen LogP contribution is -2.41. The maximum atomic E-state index is 7.04. The Morgan fingerprint density at radius 3 is 1.02 bits per heavy atom. The van der Waals surface area contributed by atoms with Crippen LogP contribution in [0.1, 0.15) is 72.2 Å². The Labute approximate surface area is 723 Å². The van der Waals surface area contributed by atoms with Crippen LogP contribution < -0.4 is 14.9 Å². The zero-order chi connectivity index (χ0) is 83.0. The molecule has 0 unspecified atom stereocenters. The van der Waals surface area contributed by atoms with Crippen LogP contribution in [0.2, 0.25) is 5.15 Å². The van der Waals surface area contributed by atoms with Gasteiger partial charge in [-0.05, 0) is 145 Å². The minimum atomic E-state index is -0.561. The number of aromatic nitrogens is 6. The Hall–Kier alpha value is -14.8.